The summed E-state index contributed by atoms with van der Waals surface area (Å²) in [6.45, 7) is 2.28. The largest absolute Gasteiger partial charge is 0.493 e. The molecule has 0 radical (unpaired) electrons. The summed E-state index contributed by atoms with van der Waals surface area (Å²) < 4.78 is 11.0. The maximum Gasteiger partial charge on any atom is 0.162 e. The number of likely N-dealkylation sites (N-methyl/N-ethyl adjacent to an activating group) is 1. The number of hydrogen-bond acceptors (Lipinski definition) is 5. The van der Waals surface area contributed by atoms with Gasteiger partial charge in [0.05, 0.1) is 19.7 Å². The van der Waals surface area contributed by atoms with E-state index in [1.165, 1.54) is 49.2 Å². The first-order valence-corrected chi connectivity index (χ1v) is 9.72. The van der Waals surface area contributed by atoms with Gasteiger partial charge in [-0.15, -0.1) is 24.8 Å². The van der Waals surface area contributed by atoms with Crippen LogP contribution >= 0.6 is 24.8 Å². The van der Waals surface area contributed by atoms with Crippen LogP contribution in [0.25, 0.3) is 10.9 Å². The maximum atomic E-state index is 5.56. The van der Waals surface area contributed by atoms with Crippen molar-refractivity contribution in [1.29, 1.82) is 0 Å². The number of nitrogens with one attached hydrogen (secondary N) is 1. The summed E-state index contributed by atoms with van der Waals surface area (Å²) in [7, 11) is 5.60. The van der Waals surface area contributed by atoms with Gasteiger partial charge in [-0.2, -0.15) is 0 Å². The molecule has 0 spiro atoms. The van der Waals surface area contributed by atoms with Gasteiger partial charge in [-0.25, -0.2) is 0 Å². The number of hydrogen-bond donors (Lipinski definition) is 1. The number of likely N-dealkylation sites (tertiary alicyclic amines) is 1. The molecule has 1 aromatic heterocycles. The zero-order valence-corrected chi connectivity index (χ0v) is 18.5. The number of aromatic nitrogens is 1. The zero-order chi connectivity index (χ0) is 18.1. The number of pyridine rings is 1. The van der Waals surface area contributed by atoms with Crippen LogP contribution in [0.2, 0.25) is 0 Å². The first-order chi connectivity index (χ1) is 12.7. The van der Waals surface area contributed by atoms with Gasteiger partial charge in [-0.3, -0.25) is 4.98 Å². The molecule has 156 valence electrons. The molecule has 1 N–H and O–H groups in total. The molecule has 2 aromatic rings. The molecule has 1 aromatic carbocycles. The molecule has 7 heteroatoms. The normalized spacial score (nSPS) is 19.2. The van der Waals surface area contributed by atoms with Gasteiger partial charge in [0.15, 0.2) is 11.5 Å². The van der Waals surface area contributed by atoms with Gasteiger partial charge in [0, 0.05) is 35.4 Å². The van der Waals surface area contributed by atoms with E-state index in [0.29, 0.717) is 6.04 Å². The quantitative estimate of drug-likeness (QED) is 0.778. The lowest BCUT2D eigenvalue weighted by Crippen LogP contribution is -2.33. The second kappa shape index (κ2) is 9.86. The van der Waals surface area contributed by atoms with Crippen molar-refractivity contribution in [2.75, 3.05) is 39.7 Å². The van der Waals surface area contributed by atoms with Gasteiger partial charge < -0.3 is 19.7 Å². The summed E-state index contributed by atoms with van der Waals surface area (Å²) in [6.07, 6.45) is 7.15. The van der Waals surface area contributed by atoms with E-state index in [-0.39, 0.29) is 24.8 Å². The van der Waals surface area contributed by atoms with Crippen LogP contribution in [0.15, 0.2) is 12.1 Å². The van der Waals surface area contributed by atoms with Crippen LogP contribution in [-0.4, -0.2) is 50.3 Å². The van der Waals surface area contributed by atoms with Gasteiger partial charge in [0.25, 0.3) is 0 Å². The van der Waals surface area contributed by atoms with Crippen LogP contribution in [-0.2, 0) is 12.8 Å². The Kier molecular flexibility index (Phi) is 8.05. The van der Waals surface area contributed by atoms with E-state index in [0.717, 1.165) is 41.8 Å². The Balaban J connectivity index is 0.00000140. The minimum atomic E-state index is 0. The summed E-state index contributed by atoms with van der Waals surface area (Å²) in [4.78, 5) is 7.38. The zero-order valence-electron chi connectivity index (χ0n) is 16.9. The average Bonchev–Trinajstić information content (AvgIpc) is 3.02. The SMILES string of the molecule is COc1cc2nc3c(c(N[C@@H]4CCCCN(C)C4)c2cc1OC)CCC3.Cl.Cl. The van der Waals surface area contributed by atoms with Gasteiger partial charge in [0.1, 0.15) is 0 Å². The van der Waals surface area contributed by atoms with E-state index in [4.69, 9.17) is 14.5 Å². The van der Waals surface area contributed by atoms with Crippen LogP contribution in [0.4, 0.5) is 5.69 Å². The molecule has 2 aliphatic rings. The second-order valence-corrected chi connectivity index (χ2v) is 7.59. The van der Waals surface area contributed by atoms with Gasteiger partial charge in [0.2, 0.25) is 0 Å². The highest BCUT2D eigenvalue weighted by molar-refractivity contribution is 5.96. The molecule has 1 aliphatic carbocycles. The third kappa shape index (κ3) is 4.42. The Morgan fingerprint density at radius 1 is 1.04 bits per heavy atom. The number of ether oxygens (including phenoxy) is 2. The van der Waals surface area contributed by atoms with Crippen molar-refractivity contribution in [3.05, 3.63) is 23.4 Å². The molecule has 0 saturated carbocycles. The van der Waals surface area contributed by atoms with E-state index in [9.17, 15) is 0 Å². The Morgan fingerprint density at radius 3 is 2.54 bits per heavy atom. The first-order valence-electron chi connectivity index (χ1n) is 9.72. The minimum Gasteiger partial charge on any atom is -0.493 e. The molecule has 5 nitrogen and oxygen atoms in total. The van der Waals surface area contributed by atoms with Gasteiger partial charge in [-0.05, 0) is 57.3 Å². The summed E-state index contributed by atoms with van der Waals surface area (Å²) in [5.41, 5.74) is 4.90. The summed E-state index contributed by atoms with van der Waals surface area (Å²) >= 11 is 0. The predicted octanol–water partition coefficient (Wildman–Crippen LogP) is 4.48. The Bertz CT molecular complexity index is 816. The van der Waals surface area contributed by atoms with E-state index in [1.54, 1.807) is 14.2 Å². The number of fused-ring (bicyclic) bond motifs is 2. The Labute approximate surface area is 180 Å². The smallest absolute Gasteiger partial charge is 0.162 e. The molecule has 0 bridgehead atoms. The Morgan fingerprint density at radius 2 is 1.79 bits per heavy atom. The molecule has 1 aliphatic heterocycles. The number of halogens is 2. The van der Waals surface area contributed by atoms with E-state index in [1.807, 2.05) is 6.07 Å². The maximum absolute atomic E-state index is 5.56. The fraction of sp³-hybridized carbons (Fsp3) is 0.571. The molecule has 1 atom stereocenters. The number of nitrogens with zero attached hydrogens (tertiary/aromatic N) is 2. The lowest BCUT2D eigenvalue weighted by atomic mass is 10.0. The van der Waals surface area contributed by atoms with Crippen molar-refractivity contribution in [2.24, 2.45) is 0 Å². The molecule has 28 heavy (non-hydrogen) atoms. The fourth-order valence-corrected chi connectivity index (χ4v) is 4.41. The molecule has 1 fully saturated rings. The molecule has 0 amide bonds. The second-order valence-electron chi connectivity index (χ2n) is 7.59. The molecule has 4 rings (SSSR count). The van der Waals surface area contributed by atoms with E-state index in [2.05, 4.69) is 23.3 Å². The van der Waals surface area contributed by atoms with Crippen molar-refractivity contribution in [1.82, 2.24) is 9.88 Å². The fourth-order valence-electron chi connectivity index (χ4n) is 4.41. The molecular weight excluding hydrogens is 397 g/mol. The topological polar surface area (TPSA) is 46.6 Å². The van der Waals surface area contributed by atoms with Crippen molar-refractivity contribution in [3.63, 3.8) is 0 Å². The van der Waals surface area contributed by atoms with Crippen LogP contribution in [0.1, 0.15) is 36.9 Å². The van der Waals surface area contributed by atoms with Crippen molar-refractivity contribution >= 4 is 41.4 Å². The summed E-state index contributed by atoms with van der Waals surface area (Å²) in [5, 5.41) is 5.05. The highest BCUT2D eigenvalue weighted by atomic mass is 35.5. The van der Waals surface area contributed by atoms with Crippen molar-refractivity contribution < 1.29 is 9.47 Å². The van der Waals surface area contributed by atoms with E-state index < -0.39 is 0 Å². The number of benzene rings is 1. The first kappa shape index (κ1) is 22.9. The predicted molar refractivity (Wildman–Crippen MR) is 120 cm³/mol. The third-order valence-corrected chi connectivity index (χ3v) is 5.74. The van der Waals surface area contributed by atoms with Crippen LogP contribution in [0.3, 0.4) is 0 Å². The number of rotatable bonds is 4. The Hall–Kier alpha value is -1.43. The minimum absolute atomic E-state index is 0. The third-order valence-electron chi connectivity index (χ3n) is 5.74. The average molecular weight is 428 g/mol. The lowest BCUT2D eigenvalue weighted by Gasteiger charge is -2.25. The van der Waals surface area contributed by atoms with Crippen LogP contribution < -0.4 is 14.8 Å². The molecule has 1 saturated heterocycles. The van der Waals surface area contributed by atoms with Crippen LogP contribution in [0, 0.1) is 0 Å². The van der Waals surface area contributed by atoms with Crippen molar-refractivity contribution in [3.8, 4) is 11.5 Å². The number of methoxy groups -OCH3 is 2. The monoisotopic (exact) mass is 427 g/mol. The highest BCUT2D eigenvalue weighted by Crippen LogP contribution is 2.40. The molecular formula is C21H31Cl2N3O2. The van der Waals surface area contributed by atoms with Crippen molar-refractivity contribution in [2.45, 2.75) is 44.6 Å². The van der Waals surface area contributed by atoms with E-state index >= 15 is 0 Å². The van der Waals surface area contributed by atoms with Gasteiger partial charge in [-0.1, -0.05) is 6.42 Å². The summed E-state index contributed by atoms with van der Waals surface area (Å²) in [5.74, 6) is 1.51. The number of aryl methyl sites for hydroxylation is 1. The van der Waals surface area contributed by atoms with Crippen LogP contribution in [0.5, 0.6) is 11.5 Å². The van der Waals surface area contributed by atoms with Gasteiger partial charge >= 0.3 is 0 Å². The molecule has 0 unspecified atom stereocenters. The summed E-state index contributed by atoms with van der Waals surface area (Å²) in [6, 6.07) is 4.57. The molecule has 2 heterocycles. The standard InChI is InChI=1S/C21H29N3O2.2ClH/c1-24-10-5-4-7-14(13-24)22-21-15-8-6-9-17(15)23-18-12-20(26-3)19(25-2)11-16(18)21;;/h11-12,14H,4-10,13H2,1-3H3,(H,22,23);2*1H/t14-;;/m1../s1. The number of anilines is 1. The lowest BCUT2D eigenvalue weighted by molar-refractivity contribution is 0.339. The highest BCUT2D eigenvalue weighted by Gasteiger charge is 2.24.